The highest BCUT2D eigenvalue weighted by atomic mass is 19.4. The number of hydrogen-bond donors (Lipinski definition) is 0. The van der Waals surface area contributed by atoms with Gasteiger partial charge in [0.1, 0.15) is 0 Å². The van der Waals surface area contributed by atoms with Gasteiger partial charge in [0.2, 0.25) is 0 Å². The molecular weight excluding hydrogens is 243 g/mol. The Balaban J connectivity index is 2.38. The van der Waals surface area contributed by atoms with Crippen molar-refractivity contribution >= 4 is 5.78 Å². The molecule has 94 valence electrons. The first-order chi connectivity index (χ1) is 8.39. The van der Waals surface area contributed by atoms with Crippen LogP contribution in [0.1, 0.15) is 15.9 Å². The molecule has 0 aliphatic heterocycles. The summed E-state index contributed by atoms with van der Waals surface area (Å²) in [5.74, 6) is -1.82. The summed E-state index contributed by atoms with van der Waals surface area (Å²) in [6.07, 6.45) is -2.20. The van der Waals surface area contributed by atoms with E-state index in [1.165, 1.54) is 23.0 Å². The second kappa shape index (κ2) is 4.33. The average Bonchev–Trinajstić information content (AvgIpc) is 2.76. The van der Waals surface area contributed by atoms with Gasteiger partial charge in [-0.1, -0.05) is 18.2 Å². The number of halogens is 3. The van der Waals surface area contributed by atoms with Crippen molar-refractivity contribution in [2.45, 2.75) is 13.1 Å². The Kier molecular flexibility index (Phi) is 2.98. The summed E-state index contributed by atoms with van der Waals surface area (Å²) in [4.78, 5) is 11.1. The Morgan fingerprint density at radius 3 is 2.44 bits per heavy atom. The van der Waals surface area contributed by atoms with Gasteiger partial charge in [0.15, 0.2) is 0 Å². The van der Waals surface area contributed by atoms with E-state index in [9.17, 15) is 18.0 Å². The quantitative estimate of drug-likeness (QED) is 0.750. The van der Waals surface area contributed by atoms with Crippen LogP contribution >= 0.6 is 0 Å². The van der Waals surface area contributed by atoms with Gasteiger partial charge in [0, 0.05) is 23.6 Å². The number of aryl methyl sites for hydroxylation is 1. The van der Waals surface area contributed by atoms with Crippen molar-refractivity contribution in [1.82, 2.24) is 4.57 Å². The fourth-order valence-corrected chi connectivity index (χ4v) is 1.70. The predicted octanol–water partition coefficient (Wildman–Crippen LogP) is 3.53. The lowest BCUT2D eigenvalue weighted by Gasteiger charge is -2.06. The van der Waals surface area contributed by atoms with E-state index in [1.807, 2.05) is 19.1 Å². The maximum absolute atomic E-state index is 12.3. The summed E-state index contributed by atoms with van der Waals surface area (Å²) >= 11 is 0. The number of ketones is 1. The van der Waals surface area contributed by atoms with Gasteiger partial charge in [-0.05, 0) is 24.6 Å². The summed E-state index contributed by atoms with van der Waals surface area (Å²) < 4.78 is 38.3. The molecular formula is C13H10F3NO. The van der Waals surface area contributed by atoms with Crippen molar-refractivity contribution in [2.75, 3.05) is 0 Å². The number of Topliss-reactive ketones (excluding diaryl/α,β-unsaturated/α-hetero) is 1. The molecule has 0 atom stereocenters. The molecule has 18 heavy (non-hydrogen) atoms. The SMILES string of the molecule is Cc1ccccc1-n1ccc(C(=O)C(F)(F)F)c1. The Hall–Kier alpha value is -2.04. The first-order valence-corrected chi connectivity index (χ1v) is 5.25. The molecule has 0 spiro atoms. The summed E-state index contributed by atoms with van der Waals surface area (Å²) in [6.45, 7) is 1.85. The number of nitrogens with zero attached hydrogens (tertiary/aromatic N) is 1. The third-order valence-electron chi connectivity index (χ3n) is 2.61. The predicted molar refractivity (Wildman–Crippen MR) is 60.9 cm³/mol. The normalized spacial score (nSPS) is 11.6. The van der Waals surface area contributed by atoms with Crippen molar-refractivity contribution < 1.29 is 18.0 Å². The van der Waals surface area contributed by atoms with Gasteiger partial charge >= 0.3 is 6.18 Å². The van der Waals surface area contributed by atoms with Crippen LogP contribution in [0.2, 0.25) is 0 Å². The largest absolute Gasteiger partial charge is 0.454 e. The topological polar surface area (TPSA) is 22.0 Å². The maximum Gasteiger partial charge on any atom is 0.454 e. The van der Waals surface area contributed by atoms with Crippen LogP contribution in [-0.4, -0.2) is 16.5 Å². The van der Waals surface area contributed by atoms with E-state index in [2.05, 4.69) is 0 Å². The second-order valence-electron chi connectivity index (χ2n) is 3.92. The zero-order valence-electron chi connectivity index (χ0n) is 9.53. The van der Waals surface area contributed by atoms with Crippen LogP contribution < -0.4 is 0 Å². The lowest BCUT2D eigenvalue weighted by atomic mass is 10.2. The van der Waals surface area contributed by atoms with Crippen molar-refractivity contribution in [3.05, 3.63) is 53.9 Å². The molecule has 0 saturated heterocycles. The number of carbonyl (C=O) groups is 1. The van der Waals surface area contributed by atoms with Gasteiger partial charge in [-0.3, -0.25) is 4.79 Å². The van der Waals surface area contributed by atoms with Crippen molar-refractivity contribution in [3.8, 4) is 5.69 Å². The van der Waals surface area contributed by atoms with E-state index in [4.69, 9.17) is 0 Å². The molecule has 2 rings (SSSR count). The zero-order valence-corrected chi connectivity index (χ0v) is 9.53. The van der Waals surface area contributed by atoms with Gasteiger partial charge in [0.25, 0.3) is 5.78 Å². The van der Waals surface area contributed by atoms with Gasteiger partial charge < -0.3 is 4.57 Å². The van der Waals surface area contributed by atoms with E-state index >= 15 is 0 Å². The monoisotopic (exact) mass is 253 g/mol. The number of carbonyl (C=O) groups excluding carboxylic acids is 1. The molecule has 1 aromatic carbocycles. The maximum atomic E-state index is 12.3. The minimum Gasteiger partial charge on any atom is -0.323 e. The molecule has 0 radical (unpaired) electrons. The number of aromatic nitrogens is 1. The van der Waals surface area contributed by atoms with E-state index in [-0.39, 0.29) is 5.56 Å². The molecule has 0 aliphatic rings. The highest BCUT2D eigenvalue weighted by Gasteiger charge is 2.39. The number of alkyl halides is 3. The third-order valence-corrected chi connectivity index (χ3v) is 2.61. The van der Waals surface area contributed by atoms with Crippen molar-refractivity contribution in [1.29, 1.82) is 0 Å². The average molecular weight is 253 g/mol. The molecule has 2 aromatic rings. The molecule has 5 heteroatoms. The highest BCUT2D eigenvalue weighted by Crippen LogP contribution is 2.23. The molecule has 0 N–H and O–H groups in total. The number of benzene rings is 1. The summed E-state index contributed by atoms with van der Waals surface area (Å²) in [5, 5.41) is 0. The lowest BCUT2D eigenvalue weighted by Crippen LogP contribution is -2.22. The molecule has 0 aliphatic carbocycles. The smallest absolute Gasteiger partial charge is 0.323 e. The minimum atomic E-state index is -4.84. The summed E-state index contributed by atoms with van der Waals surface area (Å²) in [5.41, 5.74) is 1.31. The highest BCUT2D eigenvalue weighted by molar-refractivity contribution is 6.00. The lowest BCUT2D eigenvalue weighted by molar-refractivity contribution is -0.0885. The summed E-state index contributed by atoms with van der Waals surface area (Å²) in [7, 11) is 0. The molecule has 1 aromatic heterocycles. The Labute approximate surface area is 102 Å². The van der Waals surface area contributed by atoms with Crippen LogP contribution in [0.15, 0.2) is 42.7 Å². The van der Waals surface area contributed by atoms with Gasteiger partial charge in [0.05, 0.1) is 0 Å². The fourth-order valence-electron chi connectivity index (χ4n) is 1.70. The first kappa shape index (κ1) is 12.4. The third kappa shape index (κ3) is 2.30. The first-order valence-electron chi connectivity index (χ1n) is 5.25. The number of rotatable bonds is 2. The molecule has 0 bridgehead atoms. The molecule has 0 fully saturated rings. The Morgan fingerprint density at radius 2 is 1.83 bits per heavy atom. The van der Waals surface area contributed by atoms with E-state index in [0.717, 1.165) is 11.3 Å². The zero-order chi connectivity index (χ0) is 13.3. The van der Waals surface area contributed by atoms with E-state index < -0.39 is 12.0 Å². The van der Waals surface area contributed by atoms with Crippen LogP contribution in [0, 0.1) is 6.92 Å². The molecule has 0 unspecified atom stereocenters. The standard InChI is InChI=1S/C13H10F3NO/c1-9-4-2-3-5-11(9)17-7-6-10(8-17)12(18)13(14,15)16/h2-8H,1H3. The summed E-state index contributed by atoms with van der Waals surface area (Å²) in [6, 6.07) is 8.41. The van der Waals surface area contributed by atoms with Crippen molar-refractivity contribution in [3.63, 3.8) is 0 Å². The van der Waals surface area contributed by atoms with Crippen LogP contribution in [0.25, 0.3) is 5.69 Å². The van der Waals surface area contributed by atoms with Crippen LogP contribution in [-0.2, 0) is 0 Å². The Morgan fingerprint density at radius 1 is 1.17 bits per heavy atom. The minimum absolute atomic E-state index is 0.356. The van der Waals surface area contributed by atoms with Crippen molar-refractivity contribution in [2.24, 2.45) is 0 Å². The van der Waals surface area contributed by atoms with Crippen LogP contribution in [0.3, 0.4) is 0 Å². The van der Waals surface area contributed by atoms with Gasteiger partial charge in [-0.2, -0.15) is 13.2 Å². The molecule has 1 heterocycles. The molecule has 0 saturated carbocycles. The van der Waals surface area contributed by atoms with Crippen LogP contribution in [0.4, 0.5) is 13.2 Å². The number of hydrogen-bond acceptors (Lipinski definition) is 1. The van der Waals surface area contributed by atoms with E-state index in [0.29, 0.717) is 0 Å². The number of para-hydroxylation sites is 1. The fraction of sp³-hybridized carbons (Fsp3) is 0.154. The molecule has 2 nitrogen and oxygen atoms in total. The second-order valence-corrected chi connectivity index (χ2v) is 3.92. The van der Waals surface area contributed by atoms with E-state index in [1.54, 1.807) is 12.1 Å². The van der Waals surface area contributed by atoms with Gasteiger partial charge in [-0.25, -0.2) is 0 Å². The van der Waals surface area contributed by atoms with Crippen LogP contribution in [0.5, 0.6) is 0 Å². The Bertz CT molecular complexity index is 584. The van der Waals surface area contributed by atoms with Gasteiger partial charge in [-0.15, -0.1) is 0 Å². The molecule has 0 amide bonds.